The van der Waals surface area contributed by atoms with Crippen LogP contribution < -0.4 is 15.5 Å². The monoisotopic (exact) mass is 396 g/mol. The maximum atomic E-state index is 14.6. The number of thiazole rings is 1. The van der Waals surface area contributed by atoms with Gasteiger partial charge >= 0.3 is 0 Å². The van der Waals surface area contributed by atoms with E-state index in [1.807, 2.05) is 12.1 Å². The number of piperazine rings is 1. The summed E-state index contributed by atoms with van der Waals surface area (Å²) in [5, 5.41) is 7.60. The van der Waals surface area contributed by atoms with Crippen molar-refractivity contribution in [1.82, 2.24) is 20.3 Å². The van der Waals surface area contributed by atoms with Crippen LogP contribution in [0, 0.1) is 5.82 Å². The minimum absolute atomic E-state index is 0.272. The minimum atomic E-state index is -0.272. The van der Waals surface area contributed by atoms with Crippen molar-refractivity contribution in [2.45, 2.75) is 18.9 Å². The second-order valence-corrected chi connectivity index (χ2v) is 8.05. The lowest BCUT2D eigenvalue weighted by molar-refractivity contribution is 0.588. The van der Waals surface area contributed by atoms with Crippen LogP contribution in [0.15, 0.2) is 36.5 Å². The molecule has 1 aliphatic heterocycles. The Hall–Kier alpha value is -2.58. The van der Waals surface area contributed by atoms with E-state index in [4.69, 9.17) is 9.97 Å². The normalized spacial score (nSPS) is 17.0. The van der Waals surface area contributed by atoms with Gasteiger partial charge in [0.1, 0.15) is 5.82 Å². The number of rotatable bonds is 5. The van der Waals surface area contributed by atoms with Gasteiger partial charge < -0.3 is 15.5 Å². The molecule has 144 valence electrons. The second kappa shape index (κ2) is 7.44. The Morgan fingerprint density at radius 2 is 1.93 bits per heavy atom. The van der Waals surface area contributed by atoms with Crippen LogP contribution in [-0.4, -0.2) is 47.2 Å². The zero-order chi connectivity index (χ0) is 18.9. The molecule has 0 atom stereocenters. The molecule has 0 amide bonds. The number of hydrogen-bond donors (Lipinski definition) is 2. The van der Waals surface area contributed by atoms with Crippen molar-refractivity contribution in [3.05, 3.63) is 42.3 Å². The van der Waals surface area contributed by atoms with Gasteiger partial charge in [-0.25, -0.2) is 19.3 Å². The number of benzene rings is 1. The summed E-state index contributed by atoms with van der Waals surface area (Å²) >= 11 is 1.57. The van der Waals surface area contributed by atoms with Crippen LogP contribution in [0.1, 0.15) is 12.8 Å². The van der Waals surface area contributed by atoms with Gasteiger partial charge in [-0.3, -0.25) is 0 Å². The van der Waals surface area contributed by atoms with Gasteiger partial charge in [0, 0.05) is 44.0 Å². The SMILES string of the molecule is Fc1ccccc1-c1nc(N2CCNCC2)sc1-c1ccnc(NC2CC2)n1. The summed E-state index contributed by atoms with van der Waals surface area (Å²) in [6.07, 6.45) is 4.06. The van der Waals surface area contributed by atoms with E-state index >= 15 is 0 Å². The van der Waals surface area contributed by atoms with Crippen molar-refractivity contribution in [3.63, 3.8) is 0 Å². The van der Waals surface area contributed by atoms with Crippen molar-refractivity contribution in [2.75, 3.05) is 36.4 Å². The number of aromatic nitrogens is 3. The Bertz CT molecular complexity index is 980. The molecule has 1 aliphatic carbocycles. The highest BCUT2D eigenvalue weighted by molar-refractivity contribution is 7.19. The first-order chi connectivity index (χ1) is 13.8. The van der Waals surface area contributed by atoms with Crippen LogP contribution in [-0.2, 0) is 0 Å². The fourth-order valence-electron chi connectivity index (χ4n) is 3.27. The van der Waals surface area contributed by atoms with Crippen LogP contribution in [0.3, 0.4) is 0 Å². The summed E-state index contributed by atoms with van der Waals surface area (Å²) in [5.74, 6) is 0.350. The molecule has 1 aromatic carbocycles. The smallest absolute Gasteiger partial charge is 0.223 e. The largest absolute Gasteiger partial charge is 0.351 e. The van der Waals surface area contributed by atoms with Crippen LogP contribution in [0.25, 0.3) is 21.8 Å². The lowest BCUT2D eigenvalue weighted by atomic mass is 10.1. The molecular formula is C20H21FN6S. The molecule has 1 saturated heterocycles. The average Bonchev–Trinajstić information content (AvgIpc) is 3.43. The molecule has 0 radical (unpaired) electrons. The van der Waals surface area contributed by atoms with E-state index in [9.17, 15) is 4.39 Å². The maximum absolute atomic E-state index is 14.6. The van der Waals surface area contributed by atoms with E-state index in [1.54, 1.807) is 29.7 Å². The third-order valence-corrected chi connectivity index (χ3v) is 6.07. The van der Waals surface area contributed by atoms with Crippen molar-refractivity contribution in [1.29, 1.82) is 0 Å². The molecule has 3 aromatic rings. The predicted octanol–water partition coefficient (Wildman–Crippen LogP) is 3.39. The standard InChI is InChI=1S/C20H21FN6S/c21-15-4-2-1-3-14(15)17-18(28-20(26-17)27-11-9-22-10-12-27)16-7-8-23-19(25-16)24-13-5-6-13/h1-4,7-8,13,22H,5-6,9-12H2,(H,23,24,25). The Morgan fingerprint density at radius 3 is 2.71 bits per heavy atom. The van der Waals surface area contributed by atoms with Crippen LogP contribution in [0.5, 0.6) is 0 Å². The van der Waals surface area contributed by atoms with Crippen molar-refractivity contribution < 1.29 is 4.39 Å². The summed E-state index contributed by atoms with van der Waals surface area (Å²) in [7, 11) is 0. The van der Waals surface area contributed by atoms with Crippen LogP contribution in [0.4, 0.5) is 15.5 Å². The summed E-state index contributed by atoms with van der Waals surface area (Å²) in [6, 6.07) is 9.14. The summed E-state index contributed by atoms with van der Waals surface area (Å²) < 4.78 is 14.6. The molecule has 3 heterocycles. The van der Waals surface area contributed by atoms with Crippen molar-refractivity contribution in [2.24, 2.45) is 0 Å². The van der Waals surface area contributed by atoms with Gasteiger partial charge in [-0.1, -0.05) is 23.5 Å². The first kappa shape index (κ1) is 17.5. The molecule has 0 bridgehead atoms. The number of halogens is 1. The van der Waals surface area contributed by atoms with Crippen molar-refractivity contribution in [3.8, 4) is 21.8 Å². The molecule has 0 spiro atoms. The zero-order valence-corrected chi connectivity index (χ0v) is 16.2. The molecule has 5 rings (SSSR count). The Morgan fingerprint density at radius 1 is 1.11 bits per heavy atom. The lowest BCUT2D eigenvalue weighted by Gasteiger charge is -2.26. The molecule has 2 fully saturated rings. The molecule has 2 aliphatic rings. The molecule has 2 aromatic heterocycles. The lowest BCUT2D eigenvalue weighted by Crippen LogP contribution is -2.43. The summed E-state index contributed by atoms with van der Waals surface area (Å²) in [6.45, 7) is 3.63. The van der Waals surface area contributed by atoms with Gasteiger partial charge in [-0.05, 0) is 31.0 Å². The average molecular weight is 396 g/mol. The summed E-state index contributed by atoms with van der Waals surface area (Å²) in [5.41, 5.74) is 1.92. The van der Waals surface area contributed by atoms with Gasteiger partial charge in [0.2, 0.25) is 5.95 Å². The zero-order valence-electron chi connectivity index (χ0n) is 15.4. The highest BCUT2D eigenvalue weighted by Crippen LogP contribution is 2.40. The van der Waals surface area contributed by atoms with Gasteiger partial charge in [0.05, 0.1) is 16.3 Å². The fourth-order valence-corrected chi connectivity index (χ4v) is 4.38. The van der Waals surface area contributed by atoms with Gasteiger partial charge in [0.25, 0.3) is 0 Å². The third kappa shape index (κ3) is 3.57. The number of anilines is 2. The Balaban J connectivity index is 1.58. The van der Waals surface area contributed by atoms with E-state index in [0.717, 1.165) is 54.7 Å². The Kier molecular flexibility index (Phi) is 4.66. The molecule has 0 unspecified atom stereocenters. The maximum Gasteiger partial charge on any atom is 0.223 e. The van der Waals surface area contributed by atoms with Crippen molar-refractivity contribution >= 4 is 22.4 Å². The number of hydrogen-bond acceptors (Lipinski definition) is 7. The summed E-state index contributed by atoms with van der Waals surface area (Å²) in [4.78, 5) is 17.0. The predicted molar refractivity (Wildman–Crippen MR) is 110 cm³/mol. The first-order valence-electron chi connectivity index (χ1n) is 9.59. The molecule has 6 nitrogen and oxygen atoms in total. The van der Waals surface area contributed by atoms with E-state index in [1.165, 1.54) is 6.07 Å². The van der Waals surface area contributed by atoms with Gasteiger partial charge in [0.15, 0.2) is 5.13 Å². The van der Waals surface area contributed by atoms with E-state index in [-0.39, 0.29) is 5.82 Å². The van der Waals surface area contributed by atoms with E-state index in [2.05, 4.69) is 20.5 Å². The highest BCUT2D eigenvalue weighted by atomic mass is 32.1. The molecule has 2 N–H and O–H groups in total. The van der Waals surface area contributed by atoms with Crippen LogP contribution >= 0.6 is 11.3 Å². The fraction of sp³-hybridized carbons (Fsp3) is 0.350. The Labute approximate surface area is 166 Å². The quantitative estimate of drug-likeness (QED) is 0.689. The van der Waals surface area contributed by atoms with E-state index in [0.29, 0.717) is 23.2 Å². The van der Waals surface area contributed by atoms with Gasteiger partial charge in [-0.2, -0.15) is 0 Å². The molecule has 8 heteroatoms. The topological polar surface area (TPSA) is 66.0 Å². The third-order valence-electron chi connectivity index (χ3n) is 4.93. The van der Waals surface area contributed by atoms with E-state index < -0.39 is 0 Å². The first-order valence-corrected chi connectivity index (χ1v) is 10.4. The molecule has 1 saturated carbocycles. The molecular weight excluding hydrogens is 375 g/mol. The highest BCUT2D eigenvalue weighted by Gasteiger charge is 2.24. The van der Waals surface area contributed by atoms with Gasteiger partial charge in [-0.15, -0.1) is 0 Å². The number of nitrogens with zero attached hydrogens (tertiary/aromatic N) is 4. The minimum Gasteiger partial charge on any atom is -0.351 e. The second-order valence-electron chi connectivity index (χ2n) is 7.08. The van der Waals surface area contributed by atoms with Crippen LogP contribution in [0.2, 0.25) is 0 Å². The number of nitrogens with one attached hydrogen (secondary N) is 2. The molecule has 28 heavy (non-hydrogen) atoms.